The van der Waals surface area contributed by atoms with Gasteiger partial charge in [0.15, 0.2) is 11.5 Å². The molecule has 6 nitrogen and oxygen atoms in total. The highest BCUT2D eigenvalue weighted by atomic mass is 79.9. The zero-order valence-electron chi connectivity index (χ0n) is 16.5. The molecule has 3 rings (SSSR count). The van der Waals surface area contributed by atoms with Gasteiger partial charge in [0.05, 0.1) is 37.1 Å². The van der Waals surface area contributed by atoms with Crippen molar-refractivity contribution in [2.75, 3.05) is 50.2 Å². The number of hydrogen-bond donors (Lipinski definition) is 1. The van der Waals surface area contributed by atoms with Gasteiger partial charge >= 0.3 is 0 Å². The van der Waals surface area contributed by atoms with Gasteiger partial charge in [0.2, 0.25) is 0 Å². The van der Waals surface area contributed by atoms with Crippen LogP contribution in [0.15, 0.2) is 34.8 Å². The highest BCUT2D eigenvalue weighted by molar-refractivity contribution is 9.10. The molecule has 1 aliphatic rings. The first-order valence-electron chi connectivity index (χ1n) is 9.47. The van der Waals surface area contributed by atoms with Crippen LogP contribution in [-0.4, -0.2) is 45.9 Å². The van der Waals surface area contributed by atoms with E-state index in [1.807, 2.05) is 11.8 Å². The van der Waals surface area contributed by atoms with Gasteiger partial charge in [0.1, 0.15) is 5.82 Å². The van der Waals surface area contributed by atoms with E-state index in [9.17, 15) is 9.18 Å². The molecular formula is C21H24BrFN2O4. The normalized spacial score (nSPS) is 13.9. The minimum atomic E-state index is -0.383. The third kappa shape index (κ3) is 5.19. The fourth-order valence-corrected chi connectivity index (χ4v) is 3.60. The van der Waals surface area contributed by atoms with Crippen molar-refractivity contribution in [2.24, 2.45) is 0 Å². The molecule has 156 valence electrons. The van der Waals surface area contributed by atoms with Crippen molar-refractivity contribution in [2.45, 2.75) is 13.3 Å². The first-order chi connectivity index (χ1) is 14.0. The molecule has 1 fully saturated rings. The SMILES string of the molecule is CCCOc1c(Br)cc(C(=O)Nc2ccc(N3CCOCC3)c(F)c2)cc1OC. The molecule has 1 heterocycles. The van der Waals surface area contributed by atoms with Crippen LogP contribution in [0.25, 0.3) is 0 Å². The van der Waals surface area contributed by atoms with E-state index in [1.54, 1.807) is 24.3 Å². The van der Waals surface area contributed by atoms with Gasteiger partial charge in [-0.2, -0.15) is 0 Å². The van der Waals surface area contributed by atoms with Crippen LogP contribution in [-0.2, 0) is 4.74 Å². The molecule has 0 aromatic heterocycles. The van der Waals surface area contributed by atoms with E-state index < -0.39 is 0 Å². The molecule has 0 atom stereocenters. The lowest BCUT2D eigenvalue weighted by Crippen LogP contribution is -2.36. The third-order valence-electron chi connectivity index (χ3n) is 4.50. The van der Waals surface area contributed by atoms with Crippen molar-refractivity contribution in [1.82, 2.24) is 0 Å². The Morgan fingerprint density at radius 3 is 2.69 bits per heavy atom. The van der Waals surface area contributed by atoms with Crippen LogP contribution in [0, 0.1) is 5.82 Å². The fourth-order valence-electron chi connectivity index (χ4n) is 3.04. The summed E-state index contributed by atoms with van der Waals surface area (Å²) in [6.07, 6.45) is 0.851. The summed E-state index contributed by atoms with van der Waals surface area (Å²) in [6, 6.07) is 7.95. The molecule has 0 spiro atoms. The molecule has 1 saturated heterocycles. The van der Waals surface area contributed by atoms with Crippen LogP contribution in [0.4, 0.5) is 15.8 Å². The van der Waals surface area contributed by atoms with E-state index in [4.69, 9.17) is 14.2 Å². The van der Waals surface area contributed by atoms with Gasteiger partial charge in [0.25, 0.3) is 5.91 Å². The number of amides is 1. The Balaban J connectivity index is 1.76. The quantitative estimate of drug-likeness (QED) is 0.651. The Bertz CT molecular complexity index is 872. The highest BCUT2D eigenvalue weighted by Gasteiger charge is 2.18. The number of nitrogens with zero attached hydrogens (tertiary/aromatic N) is 1. The van der Waals surface area contributed by atoms with E-state index >= 15 is 0 Å². The Hall–Kier alpha value is -2.32. The second-order valence-corrected chi connectivity index (χ2v) is 7.41. The third-order valence-corrected chi connectivity index (χ3v) is 5.09. The fraction of sp³-hybridized carbons (Fsp3) is 0.381. The first-order valence-corrected chi connectivity index (χ1v) is 10.3. The minimum Gasteiger partial charge on any atom is -0.493 e. The molecule has 1 aliphatic heterocycles. The Labute approximate surface area is 178 Å². The summed E-state index contributed by atoms with van der Waals surface area (Å²) >= 11 is 3.43. The Morgan fingerprint density at radius 2 is 2.03 bits per heavy atom. The molecule has 0 aliphatic carbocycles. The van der Waals surface area contributed by atoms with Gasteiger partial charge < -0.3 is 24.4 Å². The van der Waals surface area contributed by atoms with Gasteiger partial charge in [-0.3, -0.25) is 4.79 Å². The molecule has 2 aromatic rings. The van der Waals surface area contributed by atoms with Gasteiger partial charge in [-0.25, -0.2) is 4.39 Å². The van der Waals surface area contributed by atoms with Crippen molar-refractivity contribution in [3.8, 4) is 11.5 Å². The van der Waals surface area contributed by atoms with Crippen LogP contribution in [0.3, 0.4) is 0 Å². The number of morpholine rings is 1. The van der Waals surface area contributed by atoms with Crippen molar-refractivity contribution in [1.29, 1.82) is 0 Å². The van der Waals surface area contributed by atoms with Gasteiger partial charge in [-0.05, 0) is 52.7 Å². The molecule has 1 amide bonds. The second kappa shape index (κ2) is 9.93. The van der Waals surface area contributed by atoms with E-state index in [2.05, 4.69) is 21.2 Å². The number of carbonyl (C=O) groups is 1. The molecule has 0 unspecified atom stereocenters. The maximum absolute atomic E-state index is 14.6. The molecule has 29 heavy (non-hydrogen) atoms. The highest BCUT2D eigenvalue weighted by Crippen LogP contribution is 2.37. The predicted octanol–water partition coefficient (Wildman–Crippen LogP) is 4.47. The van der Waals surface area contributed by atoms with E-state index in [1.165, 1.54) is 13.2 Å². The molecule has 0 saturated carbocycles. The lowest BCUT2D eigenvalue weighted by atomic mass is 10.1. The van der Waals surface area contributed by atoms with E-state index in [0.717, 1.165) is 6.42 Å². The lowest BCUT2D eigenvalue weighted by molar-refractivity contribution is 0.102. The smallest absolute Gasteiger partial charge is 0.255 e. The van der Waals surface area contributed by atoms with Crippen molar-refractivity contribution < 1.29 is 23.4 Å². The summed E-state index contributed by atoms with van der Waals surface area (Å²) in [5, 5.41) is 2.73. The van der Waals surface area contributed by atoms with Crippen molar-refractivity contribution in [3.63, 3.8) is 0 Å². The lowest BCUT2D eigenvalue weighted by Gasteiger charge is -2.29. The summed E-state index contributed by atoms with van der Waals surface area (Å²) in [5.74, 6) is 0.245. The Kier molecular flexibility index (Phi) is 7.33. The van der Waals surface area contributed by atoms with E-state index in [0.29, 0.717) is 65.8 Å². The molecule has 8 heteroatoms. The number of methoxy groups -OCH3 is 1. The maximum Gasteiger partial charge on any atom is 0.255 e. The van der Waals surface area contributed by atoms with Gasteiger partial charge in [-0.15, -0.1) is 0 Å². The van der Waals surface area contributed by atoms with Crippen LogP contribution >= 0.6 is 15.9 Å². The topological polar surface area (TPSA) is 60.0 Å². The Morgan fingerprint density at radius 1 is 1.28 bits per heavy atom. The number of carbonyl (C=O) groups excluding carboxylic acids is 1. The summed E-state index contributed by atoms with van der Waals surface area (Å²) in [4.78, 5) is 14.6. The zero-order chi connectivity index (χ0) is 20.8. The molecule has 0 radical (unpaired) electrons. The first kappa shape index (κ1) is 21.4. The van der Waals surface area contributed by atoms with Gasteiger partial charge in [-0.1, -0.05) is 6.92 Å². The number of nitrogens with one attached hydrogen (secondary N) is 1. The summed E-state index contributed by atoms with van der Waals surface area (Å²) in [5.41, 5.74) is 1.26. The molecule has 1 N–H and O–H groups in total. The van der Waals surface area contributed by atoms with Crippen LogP contribution < -0.4 is 19.7 Å². The molecule has 0 bridgehead atoms. The predicted molar refractivity (Wildman–Crippen MR) is 114 cm³/mol. The average molecular weight is 467 g/mol. The number of hydrogen-bond acceptors (Lipinski definition) is 5. The summed E-state index contributed by atoms with van der Waals surface area (Å²) < 4.78 is 31.5. The van der Waals surface area contributed by atoms with Crippen LogP contribution in [0.2, 0.25) is 0 Å². The molecular weight excluding hydrogens is 443 g/mol. The monoisotopic (exact) mass is 466 g/mol. The number of halogens is 2. The summed E-state index contributed by atoms with van der Waals surface area (Å²) in [6.45, 7) is 4.98. The molecule has 2 aromatic carbocycles. The second-order valence-electron chi connectivity index (χ2n) is 6.56. The zero-order valence-corrected chi connectivity index (χ0v) is 18.1. The number of ether oxygens (including phenoxy) is 3. The summed E-state index contributed by atoms with van der Waals surface area (Å²) in [7, 11) is 1.52. The van der Waals surface area contributed by atoms with Crippen molar-refractivity contribution in [3.05, 3.63) is 46.2 Å². The van der Waals surface area contributed by atoms with Crippen LogP contribution in [0.5, 0.6) is 11.5 Å². The van der Waals surface area contributed by atoms with E-state index in [-0.39, 0.29) is 11.7 Å². The minimum absolute atomic E-state index is 0.371. The van der Waals surface area contributed by atoms with Crippen LogP contribution in [0.1, 0.15) is 23.7 Å². The maximum atomic E-state index is 14.6. The standard InChI is InChI=1S/C21H24BrFN2O4/c1-3-8-29-20-16(22)11-14(12-19(20)27-2)21(26)24-15-4-5-18(17(23)13-15)25-6-9-28-10-7-25/h4-5,11-13H,3,6-10H2,1-2H3,(H,24,26). The largest absolute Gasteiger partial charge is 0.493 e. The number of benzene rings is 2. The van der Waals surface area contributed by atoms with Crippen molar-refractivity contribution >= 4 is 33.2 Å². The van der Waals surface area contributed by atoms with Gasteiger partial charge in [0, 0.05) is 24.3 Å². The number of anilines is 2. The number of rotatable bonds is 7. The average Bonchev–Trinajstić information content (AvgIpc) is 2.73.